The van der Waals surface area contributed by atoms with E-state index in [1.165, 1.54) is 128 Å². The molecule has 1 heterocycles. The number of hydrogen-bond donors (Lipinski definition) is 0. The van der Waals surface area contributed by atoms with E-state index in [-0.39, 0.29) is 5.41 Å². The molecule has 0 aliphatic carbocycles. The summed E-state index contributed by atoms with van der Waals surface area (Å²) in [4.78, 5) is 15.0. The van der Waals surface area contributed by atoms with Crippen LogP contribution < -0.4 is 0 Å². The van der Waals surface area contributed by atoms with Crippen molar-refractivity contribution in [3.63, 3.8) is 0 Å². The summed E-state index contributed by atoms with van der Waals surface area (Å²) < 4.78 is 0. The van der Waals surface area contributed by atoms with Crippen LogP contribution in [0.2, 0.25) is 0 Å². The van der Waals surface area contributed by atoms with E-state index in [4.69, 9.17) is 0 Å². The average molecular weight is 448 g/mol. The van der Waals surface area contributed by atoms with Crippen molar-refractivity contribution in [1.29, 1.82) is 0 Å². The van der Waals surface area contributed by atoms with Crippen molar-refractivity contribution in [3.8, 4) is 0 Å². The molecule has 0 aromatic carbocycles. The minimum Gasteiger partial charge on any atom is -0.319 e. The van der Waals surface area contributed by atoms with Crippen LogP contribution in [0.4, 0.5) is 0 Å². The zero-order chi connectivity index (χ0) is 23.3. The van der Waals surface area contributed by atoms with Crippen LogP contribution in [0.3, 0.4) is 0 Å². The molecule has 0 atom stereocenters. The Bertz CT molecular complexity index is 434. The van der Waals surface area contributed by atoms with Gasteiger partial charge >= 0.3 is 0 Å². The summed E-state index contributed by atoms with van der Waals surface area (Å²) in [5.41, 5.74) is -0.0749. The highest BCUT2D eigenvalue weighted by atomic mass is 16.2. The van der Waals surface area contributed by atoms with Crippen LogP contribution in [0.5, 0.6) is 0 Å². The number of nitrogens with zero attached hydrogens (tertiary/aromatic N) is 1. The number of amides is 1. The molecule has 0 saturated carbocycles. The third-order valence-electron chi connectivity index (χ3n) is 7.78. The normalized spacial score (nSPS) is 15.6. The number of likely N-dealkylation sites (tertiary alicyclic amines) is 1. The fourth-order valence-corrected chi connectivity index (χ4v) is 5.51. The van der Waals surface area contributed by atoms with Gasteiger partial charge in [0.1, 0.15) is 0 Å². The number of carbonyl (C=O) groups is 1. The molecule has 0 bridgehead atoms. The van der Waals surface area contributed by atoms with Crippen molar-refractivity contribution in [1.82, 2.24) is 4.90 Å². The third kappa shape index (κ3) is 12.4. The highest BCUT2D eigenvalue weighted by Crippen LogP contribution is 2.42. The summed E-state index contributed by atoms with van der Waals surface area (Å²) in [7, 11) is 0. The maximum absolute atomic E-state index is 13.1. The Morgan fingerprint density at radius 2 is 1.00 bits per heavy atom. The first kappa shape index (κ1) is 29.2. The van der Waals surface area contributed by atoms with Crippen molar-refractivity contribution in [3.05, 3.63) is 12.8 Å². The first-order valence-electron chi connectivity index (χ1n) is 14.6. The van der Waals surface area contributed by atoms with Gasteiger partial charge in [0, 0.05) is 6.54 Å². The molecular weight excluding hydrogens is 390 g/mol. The van der Waals surface area contributed by atoms with E-state index in [9.17, 15) is 4.79 Å². The fraction of sp³-hybridized carbons (Fsp3) is 0.900. The lowest BCUT2D eigenvalue weighted by molar-refractivity contribution is -0.134. The second-order valence-electron chi connectivity index (χ2n) is 10.6. The first-order valence-corrected chi connectivity index (χ1v) is 14.6. The van der Waals surface area contributed by atoms with Crippen LogP contribution in [-0.4, -0.2) is 17.4 Å². The summed E-state index contributed by atoms with van der Waals surface area (Å²) in [6.07, 6.45) is 32.3. The van der Waals surface area contributed by atoms with Gasteiger partial charge < -0.3 is 4.90 Å². The Kier molecular flexibility index (Phi) is 18.0. The molecule has 1 amide bonds. The number of carbonyl (C=O) groups excluding carboxylic acids is 1. The number of hydrogen-bond acceptors (Lipinski definition) is 1. The largest absolute Gasteiger partial charge is 0.319 e. The predicted molar refractivity (Wildman–Crippen MR) is 142 cm³/mol. The Morgan fingerprint density at radius 1 is 0.656 bits per heavy atom. The van der Waals surface area contributed by atoms with Crippen molar-refractivity contribution >= 4 is 5.91 Å². The van der Waals surface area contributed by atoms with Crippen LogP contribution >= 0.6 is 0 Å². The second kappa shape index (κ2) is 19.7. The maximum atomic E-state index is 13.1. The Balaban J connectivity index is 2.20. The predicted octanol–water partition coefficient (Wildman–Crippen LogP) is 9.97. The lowest BCUT2D eigenvalue weighted by Crippen LogP contribution is -2.32. The number of unbranched alkanes of at least 4 members (excludes halogenated alkanes) is 18. The summed E-state index contributed by atoms with van der Waals surface area (Å²) >= 11 is 0. The molecule has 2 nitrogen and oxygen atoms in total. The topological polar surface area (TPSA) is 20.3 Å². The van der Waals surface area contributed by atoms with E-state index in [1.807, 2.05) is 4.90 Å². The van der Waals surface area contributed by atoms with Gasteiger partial charge in [0.25, 0.3) is 0 Å². The van der Waals surface area contributed by atoms with Gasteiger partial charge in [-0.05, 0) is 25.5 Å². The minimum atomic E-state index is -0.0749. The first-order chi connectivity index (χ1) is 15.7. The van der Waals surface area contributed by atoms with E-state index < -0.39 is 0 Å². The molecule has 1 rings (SSSR count). The molecule has 32 heavy (non-hydrogen) atoms. The van der Waals surface area contributed by atoms with Crippen LogP contribution in [0.25, 0.3) is 0 Å². The summed E-state index contributed by atoms with van der Waals surface area (Å²) in [5.74, 6) is 0.374. The molecule has 2 heteroatoms. The Morgan fingerprint density at radius 3 is 1.31 bits per heavy atom. The molecule has 1 fully saturated rings. The standard InChI is InChI=1S/C30H57NO/c1-4-7-9-11-13-15-17-19-21-23-25-30(27-28-31(6-3)29(30)32)26-24-22-20-18-16-14-12-10-8-5-2/h6H,3-5,7-28H2,1-2H3. The summed E-state index contributed by atoms with van der Waals surface area (Å²) in [6, 6.07) is 0. The fourth-order valence-electron chi connectivity index (χ4n) is 5.51. The SMILES string of the molecule is C=CN1CCC(CCCCCCCCCCCC)(CCCCCCCCCCCC)C1=O. The van der Waals surface area contributed by atoms with Crippen LogP contribution in [0.15, 0.2) is 12.8 Å². The second-order valence-corrected chi connectivity index (χ2v) is 10.6. The van der Waals surface area contributed by atoms with Crippen LogP contribution in [0, 0.1) is 5.41 Å². The summed E-state index contributed by atoms with van der Waals surface area (Å²) in [6.45, 7) is 9.33. The Hall–Kier alpha value is -0.790. The molecule has 188 valence electrons. The minimum absolute atomic E-state index is 0.0749. The molecule has 0 unspecified atom stereocenters. The molecule has 1 aliphatic rings. The average Bonchev–Trinajstić information content (AvgIpc) is 3.11. The maximum Gasteiger partial charge on any atom is 0.232 e. The number of rotatable bonds is 23. The van der Waals surface area contributed by atoms with E-state index in [0.29, 0.717) is 5.91 Å². The van der Waals surface area contributed by atoms with Crippen molar-refractivity contribution in [2.24, 2.45) is 5.41 Å². The Labute approximate surface area is 202 Å². The van der Waals surface area contributed by atoms with Gasteiger partial charge in [0.05, 0.1) is 5.41 Å². The highest BCUT2D eigenvalue weighted by Gasteiger charge is 2.44. The van der Waals surface area contributed by atoms with E-state index in [1.54, 1.807) is 6.20 Å². The van der Waals surface area contributed by atoms with Gasteiger partial charge in [-0.1, -0.05) is 149 Å². The molecule has 0 radical (unpaired) electrons. The van der Waals surface area contributed by atoms with Crippen molar-refractivity contribution < 1.29 is 4.79 Å². The molecule has 0 aromatic rings. The van der Waals surface area contributed by atoms with Crippen LogP contribution in [-0.2, 0) is 4.79 Å². The van der Waals surface area contributed by atoms with Gasteiger partial charge in [-0.25, -0.2) is 0 Å². The van der Waals surface area contributed by atoms with Gasteiger partial charge in [-0.3, -0.25) is 4.79 Å². The molecule has 1 saturated heterocycles. The van der Waals surface area contributed by atoms with Crippen molar-refractivity contribution in [2.75, 3.05) is 6.54 Å². The van der Waals surface area contributed by atoms with Gasteiger partial charge in [-0.2, -0.15) is 0 Å². The molecule has 1 aliphatic heterocycles. The molecule has 0 spiro atoms. The monoisotopic (exact) mass is 447 g/mol. The van der Waals surface area contributed by atoms with Gasteiger partial charge in [-0.15, -0.1) is 0 Å². The molecular formula is C30H57NO. The van der Waals surface area contributed by atoms with E-state index in [0.717, 1.165) is 25.8 Å². The highest BCUT2D eigenvalue weighted by molar-refractivity contribution is 5.85. The van der Waals surface area contributed by atoms with Gasteiger partial charge in [0.15, 0.2) is 0 Å². The van der Waals surface area contributed by atoms with E-state index in [2.05, 4.69) is 20.4 Å². The van der Waals surface area contributed by atoms with Crippen molar-refractivity contribution in [2.45, 2.75) is 162 Å². The quantitative estimate of drug-likeness (QED) is 0.143. The van der Waals surface area contributed by atoms with Gasteiger partial charge in [0.2, 0.25) is 5.91 Å². The lowest BCUT2D eigenvalue weighted by atomic mass is 9.76. The zero-order valence-corrected chi connectivity index (χ0v) is 22.1. The van der Waals surface area contributed by atoms with Crippen LogP contribution in [0.1, 0.15) is 162 Å². The van der Waals surface area contributed by atoms with E-state index >= 15 is 0 Å². The lowest BCUT2D eigenvalue weighted by Gasteiger charge is -2.27. The summed E-state index contributed by atoms with van der Waals surface area (Å²) in [5, 5.41) is 0. The zero-order valence-electron chi connectivity index (χ0n) is 22.1. The molecule has 0 N–H and O–H groups in total. The molecule has 0 aromatic heterocycles. The third-order valence-corrected chi connectivity index (χ3v) is 7.78. The smallest absolute Gasteiger partial charge is 0.232 e.